The Kier molecular flexibility index (Phi) is 6.02. The highest BCUT2D eigenvalue weighted by molar-refractivity contribution is 5.80. The van der Waals surface area contributed by atoms with Gasteiger partial charge >= 0.3 is 6.09 Å². The first-order chi connectivity index (χ1) is 10.5. The van der Waals surface area contributed by atoms with Crippen molar-refractivity contribution in [1.82, 2.24) is 9.80 Å². The Labute approximate surface area is 131 Å². The molecule has 2 saturated heterocycles. The van der Waals surface area contributed by atoms with Gasteiger partial charge in [0.05, 0.1) is 31.9 Å². The van der Waals surface area contributed by atoms with E-state index in [9.17, 15) is 9.59 Å². The molecule has 7 heteroatoms. The van der Waals surface area contributed by atoms with Crippen LogP contribution >= 0.6 is 0 Å². The largest absolute Gasteiger partial charge is 0.449 e. The van der Waals surface area contributed by atoms with Crippen molar-refractivity contribution in [2.24, 2.45) is 17.6 Å². The van der Waals surface area contributed by atoms with Crippen LogP contribution in [0.5, 0.6) is 0 Å². The number of morpholine rings is 1. The molecule has 7 nitrogen and oxygen atoms in total. The summed E-state index contributed by atoms with van der Waals surface area (Å²) >= 11 is 0. The number of nitrogens with zero attached hydrogens (tertiary/aromatic N) is 2. The van der Waals surface area contributed by atoms with Crippen LogP contribution in [0.4, 0.5) is 4.79 Å². The molecule has 2 aliphatic rings. The molecule has 0 bridgehead atoms. The van der Waals surface area contributed by atoms with Crippen LogP contribution in [0.1, 0.15) is 26.7 Å². The maximum atomic E-state index is 12.5. The van der Waals surface area contributed by atoms with Gasteiger partial charge in [0, 0.05) is 19.6 Å². The number of rotatable bonds is 3. The molecule has 2 N–H and O–H groups in total. The molecule has 2 atom stereocenters. The van der Waals surface area contributed by atoms with Crippen LogP contribution in [-0.4, -0.2) is 67.4 Å². The normalized spacial score (nSPS) is 26.2. The molecule has 2 heterocycles. The van der Waals surface area contributed by atoms with Gasteiger partial charge in [-0.3, -0.25) is 9.69 Å². The lowest BCUT2D eigenvalue weighted by atomic mass is 9.95. The molecule has 0 aromatic rings. The zero-order valence-corrected chi connectivity index (χ0v) is 13.5. The van der Waals surface area contributed by atoms with E-state index in [1.165, 1.54) is 4.90 Å². The summed E-state index contributed by atoms with van der Waals surface area (Å²) in [7, 11) is 0. The monoisotopic (exact) mass is 313 g/mol. The summed E-state index contributed by atoms with van der Waals surface area (Å²) in [4.78, 5) is 28.0. The lowest BCUT2D eigenvalue weighted by Gasteiger charge is -2.38. The molecule has 2 unspecified atom stereocenters. The van der Waals surface area contributed by atoms with E-state index >= 15 is 0 Å². The Bertz CT molecular complexity index is 396. The molecule has 0 saturated carbocycles. The first-order valence-corrected chi connectivity index (χ1v) is 8.04. The number of hydrogen-bond acceptors (Lipinski definition) is 5. The van der Waals surface area contributed by atoms with Crippen molar-refractivity contribution in [3.8, 4) is 0 Å². The maximum Gasteiger partial charge on any atom is 0.411 e. The fourth-order valence-corrected chi connectivity index (χ4v) is 2.77. The van der Waals surface area contributed by atoms with Crippen molar-refractivity contribution >= 4 is 12.0 Å². The Hall–Kier alpha value is -1.34. The van der Waals surface area contributed by atoms with E-state index in [4.69, 9.17) is 15.2 Å². The fourth-order valence-electron chi connectivity index (χ4n) is 2.77. The quantitative estimate of drug-likeness (QED) is 0.826. The summed E-state index contributed by atoms with van der Waals surface area (Å²) in [6.45, 7) is 7.08. The summed E-state index contributed by atoms with van der Waals surface area (Å²) in [5.74, 6) is 0.178. The second-order valence-corrected chi connectivity index (χ2v) is 6.40. The number of nitrogens with two attached hydrogens (primary N) is 1. The predicted octanol–water partition coefficient (Wildman–Crippen LogP) is 0.635. The van der Waals surface area contributed by atoms with Crippen LogP contribution in [-0.2, 0) is 14.3 Å². The van der Waals surface area contributed by atoms with Crippen molar-refractivity contribution in [2.75, 3.05) is 39.5 Å². The van der Waals surface area contributed by atoms with Gasteiger partial charge in [-0.25, -0.2) is 4.79 Å². The number of piperidine rings is 1. The van der Waals surface area contributed by atoms with E-state index in [-0.39, 0.29) is 23.9 Å². The minimum absolute atomic E-state index is 0.0943. The van der Waals surface area contributed by atoms with Gasteiger partial charge in [0.15, 0.2) is 0 Å². The van der Waals surface area contributed by atoms with E-state index < -0.39 is 6.09 Å². The van der Waals surface area contributed by atoms with E-state index in [0.717, 1.165) is 0 Å². The molecule has 22 heavy (non-hydrogen) atoms. The number of likely N-dealkylation sites (tertiary alicyclic amines) is 1. The molecule has 0 aliphatic carbocycles. The molecule has 126 valence electrons. The van der Waals surface area contributed by atoms with Gasteiger partial charge in [0.25, 0.3) is 0 Å². The summed E-state index contributed by atoms with van der Waals surface area (Å²) in [5.41, 5.74) is 6.01. The third kappa shape index (κ3) is 4.33. The van der Waals surface area contributed by atoms with E-state index in [0.29, 0.717) is 52.3 Å². The third-order valence-corrected chi connectivity index (χ3v) is 4.07. The second kappa shape index (κ2) is 7.78. The minimum atomic E-state index is -0.416. The van der Waals surface area contributed by atoms with Gasteiger partial charge < -0.3 is 20.1 Å². The van der Waals surface area contributed by atoms with Crippen LogP contribution in [0.3, 0.4) is 0 Å². The molecule has 0 radical (unpaired) electrons. The lowest BCUT2D eigenvalue weighted by Crippen LogP contribution is -2.55. The van der Waals surface area contributed by atoms with Gasteiger partial charge in [0.1, 0.15) is 0 Å². The van der Waals surface area contributed by atoms with Gasteiger partial charge in [-0.05, 0) is 18.8 Å². The smallest absolute Gasteiger partial charge is 0.411 e. The number of amides is 2. The topological polar surface area (TPSA) is 85.1 Å². The maximum absolute atomic E-state index is 12.5. The zero-order chi connectivity index (χ0) is 16.1. The Morgan fingerprint density at radius 1 is 1.27 bits per heavy atom. The number of carbonyl (C=O) groups is 2. The number of carbonyl (C=O) groups excluding carboxylic acids is 2. The molecule has 0 spiro atoms. The molecular weight excluding hydrogens is 286 g/mol. The van der Waals surface area contributed by atoms with Crippen molar-refractivity contribution in [1.29, 1.82) is 0 Å². The third-order valence-electron chi connectivity index (χ3n) is 4.07. The minimum Gasteiger partial charge on any atom is -0.449 e. The van der Waals surface area contributed by atoms with Crippen LogP contribution in [0.15, 0.2) is 0 Å². The zero-order valence-electron chi connectivity index (χ0n) is 13.5. The van der Waals surface area contributed by atoms with Gasteiger partial charge in [0.2, 0.25) is 5.91 Å². The van der Waals surface area contributed by atoms with Crippen LogP contribution in [0, 0.1) is 11.8 Å². The molecular formula is C15H27N3O4. The first kappa shape index (κ1) is 17.0. The number of hydrogen-bond donors (Lipinski definition) is 1. The molecule has 2 amide bonds. The SMILES string of the molecule is CC(C)COC(=O)N1CC(C(=O)N2CCOCC2)CCC1N. The predicted molar refractivity (Wildman–Crippen MR) is 81.0 cm³/mol. The Balaban J connectivity index is 1.91. The molecule has 2 rings (SSSR count). The summed E-state index contributed by atoms with van der Waals surface area (Å²) in [5, 5.41) is 0. The van der Waals surface area contributed by atoms with E-state index in [1.807, 2.05) is 18.7 Å². The highest BCUT2D eigenvalue weighted by atomic mass is 16.6. The second-order valence-electron chi connectivity index (χ2n) is 6.40. The van der Waals surface area contributed by atoms with Crippen LogP contribution < -0.4 is 5.73 Å². The van der Waals surface area contributed by atoms with Gasteiger partial charge in [-0.2, -0.15) is 0 Å². The summed E-state index contributed by atoms with van der Waals surface area (Å²) < 4.78 is 10.5. The average molecular weight is 313 g/mol. The first-order valence-electron chi connectivity index (χ1n) is 8.04. The molecule has 2 fully saturated rings. The van der Waals surface area contributed by atoms with Crippen LogP contribution in [0.25, 0.3) is 0 Å². The van der Waals surface area contributed by atoms with E-state index in [1.54, 1.807) is 0 Å². The number of ether oxygens (including phenoxy) is 2. The standard InChI is InChI=1S/C15H27N3O4/c1-11(2)10-22-15(20)18-9-12(3-4-13(18)16)14(19)17-5-7-21-8-6-17/h11-13H,3-10,16H2,1-2H3. The molecule has 0 aromatic heterocycles. The highest BCUT2D eigenvalue weighted by Crippen LogP contribution is 2.23. The van der Waals surface area contributed by atoms with E-state index in [2.05, 4.69) is 0 Å². The lowest BCUT2D eigenvalue weighted by molar-refractivity contribution is -0.141. The van der Waals surface area contributed by atoms with Crippen molar-refractivity contribution in [3.63, 3.8) is 0 Å². The molecule has 2 aliphatic heterocycles. The average Bonchev–Trinajstić information content (AvgIpc) is 2.53. The highest BCUT2D eigenvalue weighted by Gasteiger charge is 2.36. The van der Waals surface area contributed by atoms with Gasteiger partial charge in [-0.1, -0.05) is 13.8 Å². The van der Waals surface area contributed by atoms with Crippen molar-refractivity contribution < 1.29 is 19.1 Å². The van der Waals surface area contributed by atoms with Crippen molar-refractivity contribution in [2.45, 2.75) is 32.9 Å². The van der Waals surface area contributed by atoms with Crippen LogP contribution in [0.2, 0.25) is 0 Å². The summed E-state index contributed by atoms with van der Waals surface area (Å²) in [6, 6.07) is 0. The Morgan fingerprint density at radius 2 is 1.95 bits per heavy atom. The Morgan fingerprint density at radius 3 is 2.59 bits per heavy atom. The molecule has 0 aromatic carbocycles. The van der Waals surface area contributed by atoms with Crippen molar-refractivity contribution in [3.05, 3.63) is 0 Å². The van der Waals surface area contributed by atoms with Gasteiger partial charge in [-0.15, -0.1) is 0 Å². The fraction of sp³-hybridized carbons (Fsp3) is 0.867. The summed E-state index contributed by atoms with van der Waals surface area (Å²) in [6.07, 6.45) is 0.553.